The summed E-state index contributed by atoms with van der Waals surface area (Å²) >= 11 is 3.17. The first-order chi connectivity index (χ1) is 9.38. The number of ether oxygens (including phenoxy) is 1. The van der Waals surface area contributed by atoms with Crippen molar-refractivity contribution in [2.75, 3.05) is 13.2 Å². The first-order valence-corrected chi connectivity index (χ1v) is 6.76. The fraction of sp³-hybridized carbons (Fsp3) is 0.417. The molecule has 3 amide bonds. The highest BCUT2D eigenvalue weighted by molar-refractivity contribution is 9.10. The summed E-state index contributed by atoms with van der Waals surface area (Å²) in [6.45, 7) is 3.79. The predicted octanol–water partition coefficient (Wildman–Crippen LogP) is 1.42. The molecule has 0 bridgehead atoms. The van der Waals surface area contributed by atoms with Crippen LogP contribution in [0.15, 0.2) is 16.7 Å². The van der Waals surface area contributed by atoms with Gasteiger partial charge in [0, 0.05) is 17.2 Å². The van der Waals surface area contributed by atoms with Gasteiger partial charge in [0.2, 0.25) is 0 Å². The lowest BCUT2D eigenvalue weighted by atomic mass is 10.2. The highest BCUT2D eigenvalue weighted by atomic mass is 79.9. The van der Waals surface area contributed by atoms with E-state index in [4.69, 9.17) is 4.74 Å². The Morgan fingerprint density at radius 2 is 2.10 bits per heavy atom. The quantitative estimate of drug-likeness (QED) is 0.702. The van der Waals surface area contributed by atoms with Crippen LogP contribution in [-0.2, 0) is 9.53 Å². The number of hydrogen-bond acceptors (Lipinski definition) is 4. The van der Waals surface area contributed by atoms with Crippen LogP contribution in [0.1, 0.15) is 24.3 Å². The number of H-pyrrole nitrogens is 1. The molecule has 20 heavy (non-hydrogen) atoms. The van der Waals surface area contributed by atoms with Crippen LogP contribution in [0.25, 0.3) is 0 Å². The molecule has 1 heterocycles. The van der Waals surface area contributed by atoms with Gasteiger partial charge < -0.3 is 15.0 Å². The fourth-order valence-electron chi connectivity index (χ4n) is 1.20. The van der Waals surface area contributed by atoms with Gasteiger partial charge in [-0.25, -0.2) is 9.59 Å². The smallest absolute Gasteiger partial charge is 0.355 e. The number of rotatable bonds is 5. The summed E-state index contributed by atoms with van der Waals surface area (Å²) < 4.78 is 5.44. The zero-order chi connectivity index (χ0) is 15.1. The topological polar surface area (TPSA) is 100 Å². The molecule has 1 rings (SSSR count). The van der Waals surface area contributed by atoms with Crippen molar-refractivity contribution in [2.45, 2.75) is 13.8 Å². The van der Waals surface area contributed by atoms with Crippen LogP contribution in [0.5, 0.6) is 0 Å². The van der Waals surface area contributed by atoms with Crippen LogP contribution < -0.4 is 10.6 Å². The molecule has 1 aromatic heterocycles. The summed E-state index contributed by atoms with van der Waals surface area (Å²) in [4.78, 5) is 36.8. The van der Waals surface area contributed by atoms with E-state index in [1.807, 2.05) is 13.8 Å². The normalized spacial score (nSPS) is 10.2. The lowest BCUT2D eigenvalue weighted by Crippen LogP contribution is -2.42. The lowest BCUT2D eigenvalue weighted by molar-refractivity contribution is -0.123. The number of hydrogen-bond donors (Lipinski definition) is 3. The molecule has 110 valence electrons. The van der Waals surface area contributed by atoms with E-state index >= 15 is 0 Å². The SMILES string of the molecule is CC(C)CNC(=O)NC(=O)COC(=O)c1cc(Br)c[nH]1. The number of carbonyl (C=O) groups is 3. The Balaban J connectivity index is 2.29. The molecule has 0 radical (unpaired) electrons. The van der Waals surface area contributed by atoms with Crippen molar-refractivity contribution in [2.24, 2.45) is 5.92 Å². The Hall–Kier alpha value is -1.83. The Labute approximate surface area is 124 Å². The van der Waals surface area contributed by atoms with Gasteiger partial charge in [0.25, 0.3) is 5.91 Å². The van der Waals surface area contributed by atoms with Gasteiger partial charge in [0.15, 0.2) is 6.61 Å². The largest absolute Gasteiger partial charge is 0.451 e. The lowest BCUT2D eigenvalue weighted by Gasteiger charge is -2.08. The second kappa shape index (κ2) is 7.68. The number of aromatic nitrogens is 1. The van der Waals surface area contributed by atoms with Gasteiger partial charge in [0.1, 0.15) is 5.69 Å². The zero-order valence-corrected chi connectivity index (χ0v) is 12.7. The Bertz CT molecular complexity index is 499. The van der Waals surface area contributed by atoms with Gasteiger partial charge in [0.05, 0.1) is 0 Å². The van der Waals surface area contributed by atoms with Gasteiger partial charge in [-0.05, 0) is 27.9 Å². The van der Waals surface area contributed by atoms with Crippen LogP contribution in [0, 0.1) is 5.92 Å². The monoisotopic (exact) mass is 345 g/mol. The minimum Gasteiger partial charge on any atom is -0.451 e. The van der Waals surface area contributed by atoms with Crippen LogP contribution in [0.3, 0.4) is 0 Å². The van der Waals surface area contributed by atoms with Crippen LogP contribution in [-0.4, -0.2) is 36.0 Å². The third kappa shape index (κ3) is 5.87. The van der Waals surface area contributed by atoms with Crippen molar-refractivity contribution in [1.82, 2.24) is 15.6 Å². The van der Waals surface area contributed by atoms with E-state index in [1.54, 1.807) is 6.20 Å². The van der Waals surface area contributed by atoms with Gasteiger partial charge in [-0.1, -0.05) is 13.8 Å². The van der Waals surface area contributed by atoms with E-state index in [0.29, 0.717) is 11.0 Å². The molecule has 0 atom stereocenters. The van der Waals surface area contributed by atoms with Gasteiger partial charge in [-0.3, -0.25) is 10.1 Å². The van der Waals surface area contributed by atoms with E-state index in [2.05, 4.69) is 31.5 Å². The van der Waals surface area contributed by atoms with E-state index in [1.165, 1.54) is 6.07 Å². The number of nitrogens with one attached hydrogen (secondary N) is 3. The average Bonchev–Trinajstić information content (AvgIpc) is 2.80. The van der Waals surface area contributed by atoms with Gasteiger partial charge in [-0.2, -0.15) is 0 Å². The predicted molar refractivity (Wildman–Crippen MR) is 75.2 cm³/mol. The summed E-state index contributed by atoms with van der Waals surface area (Å²) in [5.41, 5.74) is 0.217. The molecule has 0 aliphatic carbocycles. The van der Waals surface area contributed by atoms with Crippen LogP contribution in [0.4, 0.5) is 4.79 Å². The Morgan fingerprint density at radius 3 is 2.65 bits per heavy atom. The molecule has 0 saturated carbocycles. The van der Waals surface area contributed by atoms with Crippen molar-refractivity contribution < 1.29 is 19.1 Å². The summed E-state index contributed by atoms with van der Waals surface area (Å²) in [5.74, 6) is -1.08. The third-order valence-electron chi connectivity index (χ3n) is 2.13. The van der Waals surface area contributed by atoms with Crippen molar-refractivity contribution in [3.8, 4) is 0 Å². The summed E-state index contributed by atoms with van der Waals surface area (Å²) in [5, 5.41) is 4.57. The molecule has 7 nitrogen and oxygen atoms in total. The molecule has 3 N–H and O–H groups in total. The standard InChI is InChI=1S/C12H16BrN3O4/c1-7(2)4-15-12(19)16-10(17)6-20-11(18)9-3-8(13)5-14-9/h3,5,7,14H,4,6H2,1-2H3,(H2,15,16,17,19). The van der Waals surface area contributed by atoms with Crippen molar-refractivity contribution in [1.29, 1.82) is 0 Å². The second-order valence-corrected chi connectivity index (χ2v) is 5.38. The number of amides is 3. The van der Waals surface area contributed by atoms with Crippen molar-refractivity contribution in [3.05, 3.63) is 22.4 Å². The van der Waals surface area contributed by atoms with Crippen LogP contribution >= 0.6 is 15.9 Å². The number of aromatic amines is 1. The van der Waals surface area contributed by atoms with E-state index in [-0.39, 0.29) is 11.6 Å². The summed E-state index contributed by atoms with van der Waals surface area (Å²) in [6.07, 6.45) is 1.57. The van der Waals surface area contributed by atoms with Crippen molar-refractivity contribution >= 4 is 33.8 Å². The molecule has 1 aromatic rings. The average molecular weight is 346 g/mol. The maximum Gasteiger partial charge on any atom is 0.355 e. The first-order valence-electron chi connectivity index (χ1n) is 5.97. The minimum atomic E-state index is -0.690. The summed E-state index contributed by atoms with van der Waals surface area (Å²) in [7, 11) is 0. The van der Waals surface area contributed by atoms with Gasteiger partial charge >= 0.3 is 12.0 Å². The third-order valence-corrected chi connectivity index (χ3v) is 2.58. The minimum absolute atomic E-state index is 0.217. The first kappa shape index (κ1) is 16.2. The van der Waals surface area contributed by atoms with Crippen molar-refractivity contribution in [3.63, 3.8) is 0 Å². The Kier molecular flexibility index (Phi) is 6.23. The molecule has 0 spiro atoms. The van der Waals surface area contributed by atoms with E-state index < -0.39 is 24.5 Å². The number of imide groups is 1. The number of halogens is 1. The number of carbonyl (C=O) groups excluding carboxylic acids is 3. The molecule has 0 aliphatic heterocycles. The highest BCUT2D eigenvalue weighted by Crippen LogP contribution is 2.11. The highest BCUT2D eigenvalue weighted by Gasteiger charge is 2.13. The summed E-state index contributed by atoms with van der Waals surface area (Å²) in [6, 6.07) is 0.914. The van der Waals surface area contributed by atoms with Gasteiger partial charge in [-0.15, -0.1) is 0 Å². The molecule has 0 aromatic carbocycles. The zero-order valence-electron chi connectivity index (χ0n) is 11.2. The molecule has 0 unspecified atom stereocenters. The molecular weight excluding hydrogens is 330 g/mol. The number of urea groups is 1. The van der Waals surface area contributed by atoms with E-state index in [9.17, 15) is 14.4 Å². The maximum atomic E-state index is 11.5. The number of esters is 1. The van der Waals surface area contributed by atoms with E-state index in [0.717, 1.165) is 0 Å². The fourth-order valence-corrected chi connectivity index (χ4v) is 1.54. The molecule has 0 fully saturated rings. The molecule has 8 heteroatoms. The second-order valence-electron chi connectivity index (χ2n) is 4.46. The maximum absolute atomic E-state index is 11.5. The molecule has 0 aliphatic rings. The molecular formula is C12H16BrN3O4. The molecule has 0 saturated heterocycles. The Morgan fingerprint density at radius 1 is 1.40 bits per heavy atom. The van der Waals surface area contributed by atoms with Crippen LogP contribution in [0.2, 0.25) is 0 Å².